The summed E-state index contributed by atoms with van der Waals surface area (Å²) in [4.78, 5) is 30.0. The lowest BCUT2D eigenvalue weighted by atomic mass is 9.61. The van der Waals surface area contributed by atoms with Crippen LogP contribution in [0.5, 0.6) is 0 Å². The van der Waals surface area contributed by atoms with Crippen LogP contribution in [0, 0.1) is 5.41 Å². The standard InChI is InChI=1S/C33H26O4/c1-21(34)30-24-17-9-11-19-26(24)31(28(35)22-13-5-3-6-14-22)32(30,29(36)23-15-7-4-8-16-23)33(31,37-2)27-20-12-10-18-25(27)30/h3-21,34H,1-2H3/t21?,30-,31+,32+,33+/m0/s1. The Hall–Kier alpha value is -3.86. The average Bonchev–Trinajstić information content (AvgIpc) is 3.34. The second-order valence-electron chi connectivity index (χ2n) is 10.4. The van der Waals surface area contributed by atoms with Crippen LogP contribution in [0.4, 0.5) is 0 Å². The molecule has 182 valence electrons. The third-order valence-corrected chi connectivity index (χ3v) is 9.32. The quantitative estimate of drug-likeness (QED) is 0.379. The molecular formula is C33H26O4. The number of aliphatic hydroxyl groups excluding tert-OH is 1. The fourth-order valence-electron chi connectivity index (χ4n) is 8.49. The first-order chi connectivity index (χ1) is 18.0. The summed E-state index contributed by atoms with van der Waals surface area (Å²) in [7, 11) is 1.59. The number of methoxy groups -OCH3 is 1. The molecule has 0 amide bonds. The largest absolute Gasteiger partial charge is 0.392 e. The van der Waals surface area contributed by atoms with Crippen LogP contribution < -0.4 is 0 Å². The summed E-state index contributed by atoms with van der Waals surface area (Å²) in [5.41, 5.74) is -0.971. The molecule has 1 unspecified atom stereocenters. The van der Waals surface area contributed by atoms with Crippen molar-refractivity contribution in [1.82, 2.24) is 0 Å². The van der Waals surface area contributed by atoms with Crippen molar-refractivity contribution in [2.75, 3.05) is 7.11 Å². The molecule has 4 aromatic carbocycles. The fraction of sp³-hybridized carbons (Fsp3) is 0.212. The second-order valence-corrected chi connectivity index (χ2v) is 10.4. The van der Waals surface area contributed by atoms with E-state index in [-0.39, 0.29) is 11.6 Å². The first kappa shape index (κ1) is 22.3. The van der Waals surface area contributed by atoms with Gasteiger partial charge in [-0.1, -0.05) is 109 Å². The molecule has 0 aliphatic heterocycles. The lowest BCUT2D eigenvalue weighted by molar-refractivity contribution is 0.00406. The van der Waals surface area contributed by atoms with Gasteiger partial charge in [-0.05, 0) is 29.2 Å². The number of benzene rings is 4. The number of carbonyl (C=O) groups is 2. The first-order valence-corrected chi connectivity index (χ1v) is 12.6. The van der Waals surface area contributed by atoms with Gasteiger partial charge in [0.15, 0.2) is 11.6 Å². The Morgan fingerprint density at radius 1 is 0.649 bits per heavy atom. The van der Waals surface area contributed by atoms with Crippen molar-refractivity contribution < 1.29 is 19.4 Å². The zero-order chi connectivity index (χ0) is 25.6. The summed E-state index contributed by atoms with van der Waals surface area (Å²) < 4.78 is 6.50. The van der Waals surface area contributed by atoms with Gasteiger partial charge in [-0.2, -0.15) is 0 Å². The molecule has 0 bridgehead atoms. The maximum atomic E-state index is 15.1. The number of carbonyl (C=O) groups excluding carboxylic acids is 2. The Labute approximate surface area is 215 Å². The smallest absolute Gasteiger partial charge is 0.177 e. The van der Waals surface area contributed by atoms with Gasteiger partial charge in [0.2, 0.25) is 0 Å². The number of aliphatic hydroxyl groups is 1. The molecule has 1 saturated carbocycles. The van der Waals surface area contributed by atoms with Gasteiger partial charge in [-0.25, -0.2) is 0 Å². The SMILES string of the molecule is CO[C@]12c3ccccc3[C@]3(C(C)O)c4ccccc4[C@@]1(C(=O)c1ccccc1)[C@@]32C(=O)c1ccccc1. The molecule has 4 aromatic rings. The van der Waals surface area contributed by atoms with Gasteiger partial charge >= 0.3 is 0 Å². The Balaban J connectivity index is 1.70. The number of hydrogen-bond donors (Lipinski definition) is 1. The molecule has 0 spiro atoms. The summed E-state index contributed by atoms with van der Waals surface area (Å²) in [6.07, 6.45) is -0.979. The number of hydrogen-bond acceptors (Lipinski definition) is 4. The number of ketones is 2. The minimum absolute atomic E-state index is 0.163. The van der Waals surface area contributed by atoms with Crippen LogP contribution in [0.1, 0.15) is 49.9 Å². The minimum atomic E-state index is -1.41. The zero-order valence-corrected chi connectivity index (χ0v) is 20.6. The van der Waals surface area contributed by atoms with Crippen LogP contribution in [0.2, 0.25) is 0 Å². The van der Waals surface area contributed by atoms with E-state index >= 15 is 4.79 Å². The van der Waals surface area contributed by atoms with Crippen molar-refractivity contribution in [2.45, 2.75) is 29.5 Å². The normalized spacial score (nSPS) is 30.7. The lowest BCUT2D eigenvalue weighted by Gasteiger charge is -2.40. The van der Waals surface area contributed by atoms with E-state index in [0.717, 1.165) is 22.3 Å². The maximum Gasteiger partial charge on any atom is 0.177 e. The molecule has 5 atom stereocenters. The lowest BCUT2D eigenvalue weighted by Crippen LogP contribution is -2.50. The highest BCUT2D eigenvalue weighted by atomic mass is 16.5. The van der Waals surface area contributed by atoms with Crippen molar-refractivity contribution in [3.05, 3.63) is 143 Å². The molecule has 4 heteroatoms. The number of Topliss-reactive ketones (excluding diaryl/α,β-unsaturated/α-hetero) is 2. The van der Waals surface area contributed by atoms with Crippen LogP contribution in [0.25, 0.3) is 0 Å². The summed E-state index contributed by atoms with van der Waals surface area (Å²) >= 11 is 0. The van der Waals surface area contributed by atoms with E-state index in [1.807, 2.05) is 84.9 Å². The molecule has 0 heterocycles. The molecule has 1 N–H and O–H groups in total. The molecule has 3 aliphatic rings. The molecule has 3 aliphatic carbocycles. The van der Waals surface area contributed by atoms with Gasteiger partial charge in [0, 0.05) is 18.2 Å². The predicted octanol–water partition coefficient (Wildman–Crippen LogP) is 5.23. The molecule has 4 nitrogen and oxygen atoms in total. The van der Waals surface area contributed by atoms with E-state index in [9.17, 15) is 9.90 Å². The number of fused-ring (bicyclic) bond motifs is 7. The van der Waals surface area contributed by atoms with Crippen molar-refractivity contribution in [3.8, 4) is 0 Å². The van der Waals surface area contributed by atoms with Gasteiger partial charge in [0.1, 0.15) is 16.4 Å². The van der Waals surface area contributed by atoms with Crippen LogP contribution in [-0.4, -0.2) is 29.9 Å². The summed E-state index contributed by atoms with van der Waals surface area (Å²) in [5, 5.41) is 11.8. The van der Waals surface area contributed by atoms with Crippen molar-refractivity contribution in [2.24, 2.45) is 5.41 Å². The van der Waals surface area contributed by atoms with E-state index in [1.54, 1.807) is 38.3 Å². The Bertz CT molecular complexity index is 1590. The summed E-state index contributed by atoms with van der Waals surface area (Å²) in [6, 6.07) is 33.8. The van der Waals surface area contributed by atoms with E-state index in [1.165, 1.54) is 0 Å². The fourth-order valence-corrected chi connectivity index (χ4v) is 8.49. The van der Waals surface area contributed by atoms with Crippen LogP contribution in [-0.2, 0) is 21.2 Å². The van der Waals surface area contributed by atoms with E-state index in [2.05, 4.69) is 0 Å². The average molecular weight is 487 g/mol. The Morgan fingerprint density at radius 2 is 1.08 bits per heavy atom. The highest BCUT2D eigenvalue weighted by molar-refractivity contribution is 6.23. The minimum Gasteiger partial charge on any atom is -0.392 e. The highest BCUT2D eigenvalue weighted by Gasteiger charge is 3.06. The van der Waals surface area contributed by atoms with Crippen molar-refractivity contribution >= 4 is 11.6 Å². The molecule has 0 saturated heterocycles. The van der Waals surface area contributed by atoms with E-state index in [4.69, 9.17) is 4.74 Å². The topological polar surface area (TPSA) is 63.6 Å². The van der Waals surface area contributed by atoms with Gasteiger partial charge in [-0.15, -0.1) is 0 Å². The van der Waals surface area contributed by atoms with Gasteiger partial charge in [0.05, 0.1) is 11.5 Å². The first-order valence-electron chi connectivity index (χ1n) is 12.6. The predicted molar refractivity (Wildman–Crippen MR) is 140 cm³/mol. The molecular weight excluding hydrogens is 460 g/mol. The molecule has 1 fully saturated rings. The van der Waals surface area contributed by atoms with E-state index in [0.29, 0.717) is 11.1 Å². The second kappa shape index (κ2) is 7.12. The van der Waals surface area contributed by atoms with Gasteiger partial charge < -0.3 is 9.84 Å². The number of ether oxygens (including phenoxy) is 1. The highest BCUT2D eigenvalue weighted by Crippen LogP contribution is 2.95. The van der Waals surface area contributed by atoms with Crippen LogP contribution in [0.15, 0.2) is 109 Å². The van der Waals surface area contributed by atoms with Crippen molar-refractivity contribution in [3.63, 3.8) is 0 Å². The summed E-state index contributed by atoms with van der Waals surface area (Å²) in [6.45, 7) is 1.74. The Kier molecular flexibility index (Phi) is 4.30. The monoisotopic (exact) mass is 486 g/mol. The zero-order valence-electron chi connectivity index (χ0n) is 20.6. The van der Waals surface area contributed by atoms with Crippen LogP contribution in [0.3, 0.4) is 0 Å². The van der Waals surface area contributed by atoms with E-state index < -0.39 is 27.9 Å². The summed E-state index contributed by atoms with van der Waals surface area (Å²) in [5.74, 6) is -0.351. The van der Waals surface area contributed by atoms with Gasteiger partial charge in [0.25, 0.3) is 0 Å². The van der Waals surface area contributed by atoms with Crippen molar-refractivity contribution in [1.29, 1.82) is 0 Å². The Morgan fingerprint density at radius 3 is 1.59 bits per heavy atom. The molecule has 0 aromatic heterocycles. The van der Waals surface area contributed by atoms with Crippen LogP contribution >= 0.6 is 0 Å². The molecule has 0 radical (unpaired) electrons. The number of rotatable bonds is 6. The maximum absolute atomic E-state index is 15.1. The third kappa shape index (κ3) is 1.99. The van der Waals surface area contributed by atoms with Gasteiger partial charge in [-0.3, -0.25) is 9.59 Å². The molecule has 7 rings (SSSR count). The molecule has 37 heavy (non-hydrogen) atoms. The third-order valence-electron chi connectivity index (χ3n) is 9.32.